The molecule has 0 bridgehead atoms. The van der Waals surface area contributed by atoms with Gasteiger partial charge in [-0.15, -0.1) is 0 Å². The number of aromatic nitrogens is 4. The zero-order valence-corrected chi connectivity index (χ0v) is 20.2. The number of rotatable bonds is 4. The van der Waals surface area contributed by atoms with Crippen LogP contribution in [0.25, 0.3) is 11.2 Å². The number of anilines is 2. The summed E-state index contributed by atoms with van der Waals surface area (Å²) in [6, 6.07) is 1.59. The van der Waals surface area contributed by atoms with E-state index < -0.39 is 29.0 Å². The van der Waals surface area contributed by atoms with Gasteiger partial charge in [-0.05, 0) is 18.6 Å². The molecule has 2 fully saturated rings. The predicted molar refractivity (Wildman–Crippen MR) is 127 cm³/mol. The molecule has 0 aliphatic carbocycles. The fourth-order valence-corrected chi connectivity index (χ4v) is 4.83. The van der Waals surface area contributed by atoms with E-state index >= 15 is 0 Å². The first-order valence-electron chi connectivity index (χ1n) is 11.7. The van der Waals surface area contributed by atoms with Crippen LogP contribution in [0.15, 0.2) is 29.3 Å². The molecule has 2 aliphatic rings. The minimum atomic E-state index is -4.65. The summed E-state index contributed by atoms with van der Waals surface area (Å²) in [7, 11) is 2.81. The number of aryl methyl sites for hydroxylation is 1. The third-order valence-electron chi connectivity index (χ3n) is 6.60. The van der Waals surface area contributed by atoms with Crippen LogP contribution in [0.2, 0.25) is 0 Å². The molecule has 0 saturated carbocycles. The topological polar surface area (TPSA) is 118 Å². The number of nitrogens with zero attached hydrogens (tertiary/aromatic N) is 5. The number of H-pyrrole nitrogens is 1. The van der Waals surface area contributed by atoms with Gasteiger partial charge in [-0.3, -0.25) is 4.79 Å². The molecule has 2 amide bonds. The molecule has 0 radical (unpaired) electrons. The fraction of sp³-hybridized carbons (Fsp3) is 0.478. The van der Waals surface area contributed by atoms with E-state index in [-0.39, 0.29) is 25.3 Å². The highest BCUT2D eigenvalue weighted by molar-refractivity contribution is 5.89. The SMILES string of the molecule is COCc1cc2nc(N3CCC4C(C3)OCCN4C(=O)Nc3cc(C(F)(F)F)cn(C)c3=O)cnc2[nH]1. The van der Waals surface area contributed by atoms with Crippen molar-refractivity contribution in [3.63, 3.8) is 0 Å². The van der Waals surface area contributed by atoms with Gasteiger partial charge in [-0.1, -0.05) is 0 Å². The van der Waals surface area contributed by atoms with Gasteiger partial charge >= 0.3 is 12.2 Å². The molecule has 3 aromatic heterocycles. The summed E-state index contributed by atoms with van der Waals surface area (Å²) in [5.41, 5.74) is 0.0521. The zero-order chi connectivity index (χ0) is 26.3. The number of aromatic amines is 1. The summed E-state index contributed by atoms with van der Waals surface area (Å²) in [6.07, 6.45) is -2.08. The molecule has 2 atom stereocenters. The molecular formula is C23H26F3N7O4. The Labute approximate surface area is 209 Å². The minimum absolute atomic E-state index is 0.254. The van der Waals surface area contributed by atoms with Crippen LogP contribution in [0, 0.1) is 0 Å². The number of urea groups is 1. The number of amides is 2. The molecule has 5 heterocycles. The van der Waals surface area contributed by atoms with Crippen LogP contribution in [-0.2, 0) is 29.3 Å². The maximum atomic E-state index is 13.2. The van der Waals surface area contributed by atoms with Crippen molar-refractivity contribution in [3.8, 4) is 0 Å². The highest BCUT2D eigenvalue weighted by Gasteiger charge is 2.40. The van der Waals surface area contributed by atoms with E-state index in [1.54, 1.807) is 13.3 Å². The molecule has 2 aliphatic heterocycles. The number of pyridine rings is 1. The standard InChI is InChI=1S/C23H26F3N7O4/c1-31-10-13(23(24,25)26)7-16(21(31)34)30-22(35)33-5-6-37-18-11-32(4-3-17(18)33)19-9-27-20-15(29-19)8-14(28-20)12-36-2/h7-10,17-18H,3-6,11-12H2,1-2H3,(H,27,28)(H,30,35). The van der Waals surface area contributed by atoms with Crippen molar-refractivity contribution in [1.82, 2.24) is 24.4 Å². The van der Waals surface area contributed by atoms with E-state index in [1.807, 2.05) is 11.0 Å². The molecule has 0 aromatic carbocycles. The molecule has 2 unspecified atom stereocenters. The number of nitrogens with one attached hydrogen (secondary N) is 2. The van der Waals surface area contributed by atoms with Gasteiger partial charge in [0.05, 0.1) is 37.1 Å². The molecule has 5 rings (SSSR count). The molecule has 198 valence electrons. The van der Waals surface area contributed by atoms with Crippen LogP contribution in [0.4, 0.5) is 29.5 Å². The largest absolute Gasteiger partial charge is 0.417 e. The summed E-state index contributed by atoms with van der Waals surface area (Å²) >= 11 is 0. The Kier molecular flexibility index (Phi) is 6.54. The van der Waals surface area contributed by atoms with E-state index in [0.29, 0.717) is 55.4 Å². The van der Waals surface area contributed by atoms with Crippen molar-refractivity contribution in [2.75, 3.05) is 43.6 Å². The number of methoxy groups -OCH3 is 1. The van der Waals surface area contributed by atoms with Crippen LogP contribution in [0.1, 0.15) is 17.7 Å². The van der Waals surface area contributed by atoms with E-state index in [2.05, 4.69) is 15.3 Å². The van der Waals surface area contributed by atoms with E-state index in [1.165, 1.54) is 11.9 Å². The van der Waals surface area contributed by atoms with Crippen molar-refractivity contribution in [1.29, 1.82) is 0 Å². The first-order valence-corrected chi connectivity index (χ1v) is 11.7. The highest BCUT2D eigenvalue weighted by Crippen LogP contribution is 2.30. The van der Waals surface area contributed by atoms with Crippen LogP contribution in [0.5, 0.6) is 0 Å². The lowest BCUT2D eigenvalue weighted by atomic mass is 9.98. The number of morpholine rings is 1. The molecular weight excluding hydrogens is 495 g/mol. The lowest BCUT2D eigenvalue weighted by Gasteiger charge is -2.46. The van der Waals surface area contributed by atoms with Crippen molar-refractivity contribution >= 4 is 28.7 Å². The van der Waals surface area contributed by atoms with E-state index in [4.69, 9.17) is 14.5 Å². The molecule has 11 nitrogen and oxygen atoms in total. The summed E-state index contributed by atoms with van der Waals surface area (Å²) in [4.78, 5) is 41.3. The van der Waals surface area contributed by atoms with Crippen LogP contribution >= 0.6 is 0 Å². The third kappa shape index (κ3) is 4.98. The van der Waals surface area contributed by atoms with Crippen molar-refractivity contribution in [2.24, 2.45) is 7.05 Å². The number of hydrogen-bond acceptors (Lipinski definition) is 7. The highest BCUT2D eigenvalue weighted by atomic mass is 19.4. The normalized spacial score (nSPS) is 20.2. The second-order valence-electron chi connectivity index (χ2n) is 9.08. The molecule has 14 heteroatoms. The fourth-order valence-electron chi connectivity index (χ4n) is 4.83. The first-order chi connectivity index (χ1) is 17.6. The minimum Gasteiger partial charge on any atom is -0.378 e. The predicted octanol–water partition coefficient (Wildman–Crippen LogP) is 2.33. The smallest absolute Gasteiger partial charge is 0.378 e. The zero-order valence-electron chi connectivity index (χ0n) is 20.2. The van der Waals surface area contributed by atoms with Gasteiger partial charge in [-0.25, -0.2) is 14.8 Å². The second-order valence-corrected chi connectivity index (χ2v) is 9.08. The summed E-state index contributed by atoms with van der Waals surface area (Å²) in [5.74, 6) is 0.673. The maximum absolute atomic E-state index is 13.2. The lowest BCUT2D eigenvalue weighted by Crippen LogP contribution is -2.61. The molecule has 0 spiro atoms. The molecule has 2 saturated heterocycles. The Hall–Kier alpha value is -3.65. The quantitative estimate of drug-likeness (QED) is 0.541. The Balaban J connectivity index is 1.30. The van der Waals surface area contributed by atoms with Gasteiger partial charge in [0, 0.05) is 45.7 Å². The number of carbonyl (C=O) groups excluding carboxylic acids is 1. The Morgan fingerprint density at radius 3 is 2.89 bits per heavy atom. The van der Waals surface area contributed by atoms with Crippen LogP contribution in [0.3, 0.4) is 0 Å². The van der Waals surface area contributed by atoms with Crippen LogP contribution in [-0.4, -0.2) is 75.9 Å². The van der Waals surface area contributed by atoms with E-state index in [0.717, 1.165) is 10.3 Å². The summed E-state index contributed by atoms with van der Waals surface area (Å²) in [6.45, 7) is 1.94. The average Bonchev–Trinajstić information content (AvgIpc) is 3.27. The number of ether oxygens (including phenoxy) is 2. The lowest BCUT2D eigenvalue weighted by molar-refractivity contribution is -0.138. The Bertz CT molecular complexity index is 1370. The summed E-state index contributed by atoms with van der Waals surface area (Å²) < 4.78 is 51.5. The number of piperidine rings is 1. The molecule has 3 aromatic rings. The van der Waals surface area contributed by atoms with E-state index in [9.17, 15) is 22.8 Å². The van der Waals surface area contributed by atoms with Crippen molar-refractivity contribution in [3.05, 3.63) is 46.1 Å². The van der Waals surface area contributed by atoms with Gasteiger partial charge in [0.1, 0.15) is 17.0 Å². The van der Waals surface area contributed by atoms with Crippen molar-refractivity contribution < 1.29 is 27.4 Å². The average molecular weight is 522 g/mol. The van der Waals surface area contributed by atoms with Crippen LogP contribution < -0.4 is 15.8 Å². The van der Waals surface area contributed by atoms with Gasteiger partial charge in [0.15, 0.2) is 5.65 Å². The van der Waals surface area contributed by atoms with Gasteiger partial charge in [0.25, 0.3) is 5.56 Å². The number of alkyl halides is 3. The third-order valence-corrected chi connectivity index (χ3v) is 6.60. The molecule has 37 heavy (non-hydrogen) atoms. The summed E-state index contributed by atoms with van der Waals surface area (Å²) in [5, 5.41) is 2.39. The number of hydrogen-bond donors (Lipinski definition) is 2. The second kappa shape index (κ2) is 9.67. The Morgan fingerprint density at radius 2 is 2.14 bits per heavy atom. The number of carbonyl (C=O) groups is 1. The van der Waals surface area contributed by atoms with Gasteiger partial charge in [-0.2, -0.15) is 13.2 Å². The maximum Gasteiger partial charge on any atom is 0.417 e. The number of fused-ring (bicyclic) bond motifs is 2. The first kappa shape index (κ1) is 25.0. The van der Waals surface area contributed by atoms with Crippen molar-refractivity contribution in [2.45, 2.75) is 31.3 Å². The number of halogens is 3. The molecule has 2 N–H and O–H groups in total. The van der Waals surface area contributed by atoms with Gasteiger partial charge < -0.3 is 34.1 Å². The Morgan fingerprint density at radius 1 is 1.32 bits per heavy atom. The van der Waals surface area contributed by atoms with Gasteiger partial charge in [0.2, 0.25) is 0 Å². The monoisotopic (exact) mass is 521 g/mol.